The Morgan fingerprint density at radius 3 is 1.45 bits per heavy atom. The Balaban J connectivity index is 0.000000172. The van der Waals surface area contributed by atoms with Gasteiger partial charge in [0.05, 0.1) is 22.4 Å². The molecule has 7 nitrogen and oxygen atoms in total. The van der Waals surface area contributed by atoms with E-state index in [1.165, 1.54) is 0 Å². The van der Waals surface area contributed by atoms with Crippen LogP contribution in [0.3, 0.4) is 0 Å². The number of benzene rings is 7. The van der Waals surface area contributed by atoms with Gasteiger partial charge in [0.25, 0.3) is 5.91 Å². The molecule has 7 aromatic carbocycles. The van der Waals surface area contributed by atoms with Gasteiger partial charge >= 0.3 is 0 Å². The lowest BCUT2D eigenvalue weighted by atomic mass is 9.98. The van der Waals surface area contributed by atoms with Crippen LogP contribution >= 0.6 is 0 Å². The van der Waals surface area contributed by atoms with Gasteiger partial charge in [0.15, 0.2) is 0 Å². The van der Waals surface area contributed by atoms with Gasteiger partial charge in [-0.05, 0) is 117 Å². The summed E-state index contributed by atoms with van der Waals surface area (Å²) in [6.45, 7) is 8.52. The van der Waals surface area contributed by atoms with Gasteiger partial charge in [0.1, 0.15) is 0 Å². The molecule has 0 unspecified atom stereocenters. The third-order valence-corrected chi connectivity index (χ3v) is 10.1. The zero-order valence-corrected chi connectivity index (χ0v) is 32.8. The van der Waals surface area contributed by atoms with Crippen LogP contribution in [0.4, 0.5) is 11.4 Å². The number of H-pyrrole nitrogens is 2. The van der Waals surface area contributed by atoms with Gasteiger partial charge < -0.3 is 11.1 Å². The summed E-state index contributed by atoms with van der Waals surface area (Å²) in [6.07, 6.45) is 8.16. The average molecular weight is 779 g/mol. The molecule has 290 valence electrons. The van der Waals surface area contributed by atoms with Crippen molar-refractivity contribution in [2.75, 3.05) is 11.1 Å². The van der Waals surface area contributed by atoms with Gasteiger partial charge in [0, 0.05) is 27.7 Å². The van der Waals surface area contributed by atoms with Crippen molar-refractivity contribution in [3.05, 3.63) is 239 Å². The normalized spacial score (nSPS) is 11.1. The number of nitrogens with zero attached hydrogens (tertiary/aromatic N) is 2. The summed E-state index contributed by atoms with van der Waals surface area (Å²) < 4.78 is 0. The molecule has 9 aromatic rings. The highest BCUT2D eigenvalue weighted by Crippen LogP contribution is 2.29. The first kappa shape index (κ1) is 38.6. The SMILES string of the molecule is C=C(c1cccc(N)c1)c1ccc2c(/C=C/c3ccccc3)n[nH]c2c1.C=C(c1cccc(NC(=O)c2ccccc2)c1)c1ccc2c(/C=C/c3ccccc3)n[nH]c2c1. The Bertz CT molecular complexity index is 3010. The van der Waals surface area contributed by atoms with E-state index in [-0.39, 0.29) is 5.91 Å². The fraction of sp³-hybridized carbons (Fsp3) is 0. The van der Waals surface area contributed by atoms with Crippen LogP contribution < -0.4 is 11.1 Å². The Hall–Kier alpha value is -8.29. The molecule has 0 aliphatic rings. The second-order valence-electron chi connectivity index (χ2n) is 14.2. The van der Waals surface area contributed by atoms with Crippen LogP contribution in [-0.4, -0.2) is 26.3 Å². The van der Waals surface area contributed by atoms with Crippen LogP contribution in [-0.2, 0) is 0 Å². The molecule has 2 heterocycles. The molecule has 0 saturated heterocycles. The molecule has 0 aliphatic heterocycles. The second-order valence-corrected chi connectivity index (χ2v) is 14.2. The second kappa shape index (κ2) is 17.9. The van der Waals surface area contributed by atoms with E-state index in [9.17, 15) is 4.79 Å². The smallest absolute Gasteiger partial charge is 0.255 e. The summed E-state index contributed by atoms with van der Waals surface area (Å²) in [5.41, 5.74) is 19.8. The molecule has 0 bridgehead atoms. The van der Waals surface area contributed by atoms with Crippen LogP contribution in [0.25, 0.3) is 57.3 Å². The molecule has 0 radical (unpaired) electrons. The van der Waals surface area contributed by atoms with E-state index in [0.29, 0.717) is 5.56 Å². The Labute approximate surface area is 349 Å². The summed E-state index contributed by atoms with van der Waals surface area (Å²) in [7, 11) is 0. The topological polar surface area (TPSA) is 112 Å². The summed E-state index contributed by atoms with van der Waals surface area (Å²) in [6, 6.07) is 57.4. The highest BCUT2D eigenvalue weighted by molar-refractivity contribution is 6.04. The van der Waals surface area contributed by atoms with Crippen LogP contribution in [0, 0.1) is 0 Å². The number of carbonyl (C=O) groups is 1. The molecule has 2 aromatic heterocycles. The molecule has 0 spiro atoms. The van der Waals surface area contributed by atoms with Crippen molar-refractivity contribution < 1.29 is 4.79 Å². The lowest BCUT2D eigenvalue weighted by molar-refractivity contribution is 0.102. The van der Waals surface area contributed by atoms with Crippen LogP contribution in [0.2, 0.25) is 0 Å². The monoisotopic (exact) mass is 778 g/mol. The fourth-order valence-electron chi connectivity index (χ4n) is 6.83. The minimum absolute atomic E-state index is 0.140. The molecule has 60 heavy (non-hydrogen) atoms. The first-order valence-corrected chi connectivity index (χ1v) is 19.5. The molecule has 0 atom stereocenters. The molecule has 1 amide bonds. The van der Waals surface area contributed by atoms with Crippen molar-refractivity contribution in [3.63, 3.8) is 0 Å². The zero-order chi connectivity index (χ0) is 41.3. The summed E-state index contributed by atoms with van der Waals surface area (Å²) in [5.74, 6) is -0.140. The van der Waals surface area contributed by atoms with E-state index in [1.54, 1.807) is 12.1 Å². The number of hydrogen-bond donors (Lipinski definition) is 4. The van der Waals surface area contributed by atoms with Crippen molar-refractivity contribution in [1.82, 2.24) is 20.4 Å². The summed E-state index contributed by atoms with van der Waals surface area (Å²) >= 11 is 0. The van der Waals surface area contributed by atoms with Crippen LogP contribution in [0.15, 0.2) is 189 Å². The molecule has 0 saturated carbocycles. The first-order chi connectivity index (χ1) is 29.4. The van der Waals surface area contributed by atoms with Gasteiger partial charge in [-0.25, -0.2) is 0 Å². The maximum Gasteiger partial charge on any atom is 0.255 e. The molecule has 0 fully saturated rings. The van der Waals surface area contributed by atoms with E-state index in [4.69, 9.17) is 5.73 Å². The quantitative estimate of drug-likeness (QED) is 0.104. The number of fused-ring (bicyclic) bond motifs is 2. The molecular formula is C53H42N6O. The number of hydrogen-bond acceptors (Lipinski definition) is 4. The van der Waals surface area contributed by atoms with Crippen molar-refractivity contribution in [2.24, 2.45) is 0 Å². The van der Waals surface area contributed by atoms with Gasteiger partial charge in [-0.15, -0.1) is 0 Å². The molecule has 5 N–H and O–H groups in total. The number of nitrogens with two attached hydrogens (primary N) is 1. The third-order valence-electron chi connectivity index (χ3n) is 10.1. The number of carbonyl (C=O) groups excluding carboxylic acids is 1. The van der Waals surface area contributed by atoms with Gasteiger partial charge in [-0.2, -0.15) is 10.2 Å². The predicted octanol–water partition coefficient (Wildman–Crippen LogP) is 12.4. The fourth-order valence-corrected chi connectivity index (χ4v) is 6.83. The maximum absolute atomic E-state index is 12.5. The first-order valence-electron chi connectivity index (χ1n) is 19.5. The lowest BCUT2D eigenvalue weighted by Gasteiger charge is -2.10. The summed E-state index contributed by atoms with van der Waals surface area (Å²) in [5, 5.41) is 20.2. The van der Waals surface area contributed by atoms with Gasteiger partial charge in [-0.3, -0.25) is 15.0 Å². The van der Waals surface area contributed by atoms with E-state index < -0.39 is 0 Å². The molecule has 7 heteroatoms. The highest BCUT2D eigenvalue weighted by Gasteiger charge is 2.11. The van der Waals surface area contributed by atoms with E-state index in [0.717, 1.165) is 89.1 Å². The third kappa shape index (κ3) is 9.12. The van der Waals surface area contributed by atoms with Crippen molar-refractivity contribution >= 4 is 74.5 Å². The van der Waals surface area contributed by atoms with Crippen molar-refractivity contribution in [1.29, 1.82) is 0 Å². The van der Waals surface area contributed by atoms with Crippen molar-refractivity contribution in [3.8, 4) is 0 Å². The van der Waals surface area contributed by atoms with E-state index in [2.05, 4.69) is 112 Å². The summed E-state index contributed by atoms with van der Waals surface area (Å²) in [4.78, 5) is 12.5. The lowest BCUT2D eigenvalue weighted by Crippen LogP contribution is -2.11. The van der Waals surface area contributed by atoms with E-state index >= 15 is 0 Å². The number of nitrogens with one attached hydrogen (secondary N) is 3. The maximum atomic E-state index is 12.5. The number of nitrogen functional groups attached to an aromatic ring is 1. The number of rotatable bonds is 10. The Kier molecular flexibility index (Phi) is 11.5. The zero-order valence-electron chi connectivity index (χ0n) is 32.8. The van der Waals surface area contributed by atoms with Gasteiger partial charge in [-0.1, -0.05) is 141 Å². The number of aromatic amines is 2. The van der Waals surface area contributed by atoms with E-state index in [1.807, 2.05) is 115 Å². The Morgan fingerprint density at radius 1 is 0.483 bits per heavy atom. The largest absolute Gasteiger partial charge is 0.399 e. The van der Waals surface area contributed by atoms with Gasteiger partial charge in [0.2, 0.25) is 0 Å². The molecule has 9 rings (SSSR count). The standard InChI is InChI=1S/C30H23N3O.C23H19N3/c1-21(24-13-8-14-26(19-24)31-30(34)23-11-6-3-7-12-23)25-16-17-27-28(32-33-29(27)20-25)18-15-22-9-4-2-5-10-22;1-16(18-8-5-9-20(24)14-18)19-11-12-21-22(25-26-23(21)15-19)13-10-17-6-3-2-4-7-17/h2-20H,1H2,(H,31,34)(H,32,33);2-15H,1,24H2,(H,25,26)/b18-15+;13-10+. The van der Waals surface area contributed by atoms with Crippen LogP contribution in [0.5, 0.6) is 0 Å². The minimum atomic E-state index is -0.140. The molecular weight excluding hydrogens is 737 g/mol. The average Bonchev–Trinajstić information content (AvgIpc) is 3.91. The molecule has 0 aliphatic carbocycles. The number of aromatic nitrogens is 4. The van der Waals surface area contributed by atoms with Crippen LogP contribution in [0.1, 0.15) is 55.1 Å². The number of amides is 1. The van der Waals surface area contributed by atoms with Crippen molar-refractivity contribution in [2.45, 2.75) is 0 Å². The number of anilines is 2. The minimum Gasteiger partial charge on any atom is -0.399 e. The Morgan fingerprint density at radius 2 is 0.933 bits per heavy atom. The predicted molar refractivity (Wildman–Crippen MR) is 251 cm³/mol. The highest BCUT2D eigenvalue weighted by atomic mass is 16.1.